The van der Waals surface area contributed by atoms with Crippen LogP contribution in [0.25, 0.3) is 0 Å². The number of nitrogens with one attached hydrogen (secondary N) is 3. The molecule has 10 N–H and O–H groups in total. The highest BCUT2D eigenvalue weighted by Crippen LogP contribution is 2.08. The second-order valence-electron chi connectivity index (χ2n) is 8.65. The van der Waals surface area contributed by atoms with Crippen molar-refractivity contribution in [3.8, 4) is 0 Å². The van der Waals surface area contributed by atoms with Crippen molar-refractivity contribution < 1.29 is 24.3 Å². The molecule has 0 radical (unpaired) electrons. The Morgan fingerprint density at radius 3 is 1.79 bits per heavy atom. The van der Waals surface area contributed by atoms with E-state index in [0.29, 0.717) is 57.4 Å². The number of carbonyl (C=O) groups is 4. The lowest BCUT2D eigenvalue weighted by Crippen LogP contribution is -2.57. The van der Waals surface area contributed by atoms with Crippen LogP contribution in [0.1, 0.15) is 58.8 Å². The third-order valence-corrected chi connectivity index (χ3v) is 6.00. The molecule has 198 valence electrons. The summed E-state index contributed by atoms with van der Waals surface area (Å²) in [4.78, 5) is 49.9. The Morgan fingerprint density at radius 2 is 1.29 bits per heavy atom. The van der Waals surface area contributed by atoms with Crippen molar-refractivity contribution in [2.24, 2.45) is 23.1 Å². The van der Waals surface area contributed by atoms with Gasteiger partial charge in [-0.2, -0.15) is 11.8 Å². The predicted octanol–water partition coefficient (Wildman–Crippen LogP) is -0.480. The molecule has 0 saturated heterocycles. The van der Waals surface area contributed by atoms with Crippen LogP contribution in [0.3, 0.4) is 0 Å². The maximum absolute atomic E-state index is 13.1. The van der Waals surface area contributed by atoms with Gasteiger partial charge in [0.05, 0.1) is 6.04 Å². The molecule has 12 heteroatoms. The second kappa shape index (κ2) is 18.4. The second-order valence-corrected chi connectivity index (χ2v) is 9.63. The molecule has 11 nitrogen and oxygen atoms in total. The lowest BCUT2D eigenvalue weighted by molar-refractivity contribution is -0.143. The van der Waals surface area contributed by atoms with Gasteiger partial charge in [-0.25, -0.2) is 4.79 Å². The third-order valence-electron chi connectivity index (χ3n) is 5.36. The average molecular weight is 505 g/mol. The lowest BCUT2D eigenvalue weighted by Gasteiger charge is -2.26. The zero-order valence-corrected chi connectivity index (χ0v) is 21.5. The SMILES string of the molecule is CSCCC(NC(=O)C(N)CCCCN)C(=O)NC(CCCCN)C(=O)NC(C(=O)O)C(C)C. The standard InChI is InChI=1S/C22H44N6O5S/c1-14(2)18(22(32)33)28-21(31)16(9-5-7-12-24)27-20(30)17(10-13-34-3)26-19(29)15(25)8-4-6-11-23/h14-18H,4-13,23-25H2,1-3H3,(H,26,29)(H,27,30)(H,28,31)(H,32,33). The monoisotopic (exact) mass is 504 g/mol. The highest BCUT2D eigenvalue weighted by Gasteiger charge is 2.31. The van der Waals surface area contributed by atoms with E-state index in [-0.39, 0.29) is 5.92 Å². The van der Waals surface area contributed by atoms with Crippen molar-refractivity contribution in [2.45, 2.75) is 83.0 Å². The molecule has 34 heavy (non-hydrogen) atoms. The van der Waals surface area contributed by atoms with Crippen LogP contribution < -0.4 is 33.2 Å². The van der Waals surface area contributed by atoms with Gasteiger partial charge < -0.3 is 38.3 Å². The van der Waals surface area contributed by atoms with Crippen molar-refractivity contribution in [3.05, 3.63) is 0 Å². The van der Waals surface area contributed by atoms with Gasteiger partial charge in [-0.3, -0.25) is 14.4 Å². The number of carboxylic acid groups (broad SMARTS) is 1. The van der Waals surface area contributed by atoms with Gasteiger partial charge in [-0.15, -0.1) is 0 Å². The van der Waals surface area contributed by atoms with E-state index >= 15 is 0 Å². The van der Waals surface area contributed by atoms with Gasteiger partial charge in [0.2, 0.25) is 17.7 Å². The summed E-state index contributed by atoms with van der Waals surface area (Å²) in [5.74, 6) is -2.41. The van der Waals surface area contributed by atoms with Crippen molar-refractivity contribution in [1.29, 1.82) is 0 Å². The van der Waals surface area contributed by atoms with Crippen LogP contribution in [-0.4, -0.2) is 78.1 Å². The molecule has 4 atom stereocenters. The Bertz CT molecular complexity index is 637. The minimum atomic E-state index is -1.15. The smallest absolute Gasteiger partial charge is 0.326 e. The number of thioether (sulfide) groups is 1. The number of aliphatic carboxylic acids is 1. The van der Waals surface area contributed by atoms with Crippen molar-refractivity contribution in [2.75, 3.05) is 25.1 Å². The van der Waals surface area contributed by atoms with E-state index in [1.165, 1.54) is 11.8 Å². The molecule has 0 saturated carbocycles. The fourth-order valence-corrected chi connectivity index (χ4v) is 3.70. The van der Waals surface area contributed by atoms with Crippen LogP contribution in [-0.2, 0) is 19.2 Å². The van der Waals surface area contributed by atoms with E-state index in [1.54, 1.807) is 13.8 Å². The highest BCUT2D eigenvalue weighted by atomic mass is 32.2. The zero-order valence-electron chi connectivity index (χ0n) is 20.7. The molecule has 0 aromatic rings. The van der Waals surface area contributed by atoms with Gasteiger partial charge in [0, 0.05) is 0 Å². The Balaban J connectivity index is 5.38. The molecule has 0 rings (SSSR count). The fraction of sp³-hybridized carbons (Fsp3) is 0.818. The fourth-order valence-electron chi connectivity index (χ4n) is 3.22. The molecule has 0 fully saturated rings. The van der Waals surface area contributed by atoms with Gasteiger partial charge in [-0.05, 0) is 69.5 Å². The van der Waals surface area contributed by atoms with E-state index < -0.39 is 47.9 Å². The van der Waals surface area contributed by atoms with E-state index in [2.05, 4.69) is 16.0 Å². The number of nitrogens with two attached hydrogens (primary N) is 3. The van der Waals surface area contributed by atoms with E-state index in [0.717, 1.165) is 6.42 Å². The van der Waals surface area contributed by atoms with E-state index in [9.17, 15) is 24.3 Å². The summed E-state index contributed by atoms with van der Waals surface area (Å²) >= 11 is 1.52. The van der Waals surface area contributed by atoms with Gasteiger partial charge in [0.1, 0.15) is 18.1 Å². The summed E-state index contributed by atoms with van der Waals surface area (Å²) < 4.78 is 0. The quantitative estimate of drug-likeness (QED) is 0.113. The number of hydrogen-bond donors (Lipinski definition) is 7. The summed E-state index contributed by atoms with van der Waals surface area (Å²) in [6.07, 6.45) is 5.67. The normalized spacial score (nSPS) is 14.7. The van der Waals surface area contributed by atoms with Crippen LogP contribution >= 0.6 is 11.8 Å². The topological polar surface area (TPSA) is 203 Å². The number of unbranched alkanes of at least 4 members (excludes halogenated alkanes) is 2. The first kappa shape index (κ1) is 32.1. The molecule has 0 heterocycles. The van der Waals surface area contributed by atoms with Gasteiger partial charge in [0.25, 0.3) is 0 Å². The molecule has 0 aliphatic rings. The molecule has 0 aromatic heterocycles. The molecular formula is C22H44N6O5S. The molecular weight excluding hydrogens is 460 g/mol. The summed E-state index contributed by atoms with van der Waals surface area (Å²) in [6, 6.07) is -3.67. The summed E-state index contributed by atoms with van der Waals surface area (Å²) in [5.41, 5.74) is 17.0. The van der Waals surface area contributed by atoms with Crippen molar-refractivity contribution >= 4 is 35.5 Å². The number of carboxylic acids is 1. The molecule has 3 amide bonds. The first-order valence-corrected chi connectivity index (χ1v) is 13.3. The van der Waals surface area contributed by atoms with Crippen LogP contribution in [0.2, 0.25) is 0 Å². The minimum absolute atomic E-state index is 0.293. The van der Waals surface area contributed by atoms with Gasteiger partial charge in [-0.1, -0.05) is 20.3 Å². The largest absolute Gasteiger partial charge is 0.480 e. The van der Waals surface area contributed by atoms with Crippen molar-refractivity contribution in [3.63, 3.8) is 0 Å². The molecule has 0 aliphatic heterocycles. The number of amides is 3. The maximum atomic E-state index is 13.1. The first-order valence-electron chi connectivity index (χ1n) is 11.9. The van der Waals surface area contributed by atoms with Gasteiger partial charge in [0.15, 0.2) is 0 Å². The Hall–Kier alpha value is -1.89. The number of hydrogen-bond acceptors (Lipinski definition) is 8. The summed E-state index contributed by atoms with van der Waals surface area (Å²) in [6.45, 7) is 4.32. The average Bonchev–Trinajstić information content (AvgIpc) is 2.78. The lowest BCUT2D eigenvalue weighted by atomic mass is 10.0. The van der Waals surface area contributed by atoms with Crippen LogP contribution in [0.15, 0.2) is 0 Å². The van der Waals surface area contributed by atoms with Crippen molar-refractivity contribution in [1.82, 2.24) is 16.0 Å². The summed E-state index contributed by atoms with van der Waals surface area (Å²) in [7, 11) is 0. The third kappa shape index (κ3) is 13.1. The first-order chi connectivity index (χ1) is 16.1. The van der Waals surface area contributed by atoms with Crippen LogP contribution in [0.4, 0.5) is 0 Å². The van der Waals surface area contributed by atoms with E-state index in [4.69, 9.17) is 17.2 Å². The molecule has 0 aliphatic carbocycles. The predicted molar refractivity (Wildman–Crippen MR) is 135 cm³/mol. The maximum Gasteiger partial charge on any atom is 0.326 e. The molecule has 0 aromatic carbocycles. The summed E-state index contributed by atoms with van der Waals surface area (Å²) in [5, 5.41) is 17.3. The van der Waals surface area contributed by atoms with Crippen LogP contribution in [0.5, 0.6) is 0 Å². The number of rotatable bonds is 19. The molecule has 0 spiro atoms. The highest BCUT2D eigenvalue weighted by molar-refractivity contribution is 7.98. The Morgan fingerprint density at radius 1 is 0.794 bits per heavy atom. The van der Waals surface area contributed by atoms with Gasteiger partial charge >= 0.3 is 5.97 Å². The Kier molecular flexibility index (Phi) is 17.4. The number of carbonyl (C=O) groups excluding carboxylic acids is 3. The Labute approximate surface area is 207 Å². The van der Waals surface area contributed by atoms with Crippen LogP contribution in [0, 0.1) is 5.92 Å². The minimum Gasteiger partial charge on any atom is -0.480 e. The molecule has 0 bridgehead atoms. The zero-order chi connectivity index (χ0) is 26.1. The molecule has 4 unspecified atom stereocenters. The van der Waals surface area contributed by atoms with E-state index in [1.807, 2.05) is 6.26 Å².